The highest BCUT2D eigenvalue weighted by Crippen LogP contribution is 2.15. The molecule has 1 saturated heterocycles. The number of nitrogens with one attached hydrogen (secondary N) is 1. The van der Waals surface area contributed by atoms with Crippen molar-refractivity contribution in [2.45, 2.75) is 19.4 Å². The second kappa shape index (κ2) is 4.02. The van der Waals surface area contributed by atoms with E-state index in [0.29, 0.717) is 17.5 Å². The molecule has 1 aliphatic heterocycles. The quantitative estimate of drug-likeness (QED) is 0.766. The van der Waals surface area contributed by atoms with Gasteiger partial charge in [0.2, 0.25) is 5.76 Å². The normalized spacial score (nSPS) is 20.9. The van der Waals surface area contributed by atoms with Crippen LogP contribution >= 0.6 is 0 Å². The van der Waals surface area contributed by atoms with Crippen LogP contribution in [0.3, 0.4) is 0 Å². The zero-order valence-corrected chi connectivity index (χ0v) is 8.99. The van der Waals surface area contributed by atoms with Gasteiger partial charge in [0, 0.05) is 19.1 Å². The molecule has 2 rings (SSSR count). The van der Waals surface area contributed by atoms with Crippen LogP contribution in [-0.4, -0.2) is 42.0 Å². The number of carbonyl (C=O) groups is 1. The topological polar surface area (TPSA) is 58.4 Å². The van der Waals surface area contributed by atoms with E-state index in [1.54, 1.807) is 11.8 Å². The molecule has 1 N–H and O–H groups in total. The first kappa shape index (κ1) is 10.2. The smallest absolute Gasteiger partial charge is 0.291 e. The standard InChI is InChI=1S/C10H15N3O2/c1-7-9(15-6-12-7)10(14)13-4-3-8(5-13)11-2/h6,8,11H,3-5H2,1-2H3. The summed E-state index contributed by atoms with van der Waals surface area (Å²) in [5.41, 5.74) is 0.660. The summed E-state index contributed by atoms with van der Waals surface area (Å²) in [6.07, 6.45) is 2.31. The maximum absolute atomic E-state index is 12.0. The SMILES string of the molecule is CNC1CCN(C(=O)c2ocnc2C)C1. The maximum atomic E-state index is 12.0. The van der Waals surface area contributed by atoms with Gasteiger partial charge in [0.1, 0.15) is 0 Å². The van der Waals surface area contributed by atoms with E-state index in [-0.39, 0.29) is 5.91 Å². The van der Waals surface area contributed by atoms with Crippen molar-refractivity contribution < 1.29 is 9.21 Å². The highest BCUT2D eigenvalue weighted by molar-refractivity contribution is 5.92. The van der Waals surface area contributed by atoms with Crippen LogP contribution in [0.2, 0.25) is 0 Å². The van der Waals surface area contributed by atoms with E-state index in [2.05, 4.69) is 10.3 Å². The summed E-state index contributed by atoms with van der Waals surface area (Å²) in [6.45, 7) is 3.31. The third-order valence-electron chi connectivity index (χ3n) is 2.82. The van der Waals surface area contributed by atoms with Gasteiger partial charge in [-0.2, -0.15) is 0 Å². The highest BCUT2D eigenvalue weighted by atomic mass is 16.3. The van der Waals surface area contributed by atoms with Gasteiger partial charge in [0.25, 0.3) is 5.91 Å². The van der Waals surface area contributed by atoms with Crippen molar-refractivity contribution in [3.8, 4) is 0 Å². The molecule has 0 bridgehead atoms. The van der Waals surface area contributed by atoms with Gasteiger partial charge in [-0.25, -0.2) is 4.98 Å². The van der Waals surface area contributed by atoms with Gasteiger partial charge in [-0.1, -0.05) is 0 Å². The molecule has 0 saturated carbocycles. The summed E-state index contributed by atoms with van der Waals surface area (Å²) in [4.78, 5) is 17.7. The molecule has 5 nitrogen and oxygen atoms in total. The van der Waals surface area contributed by atoms with Crippen molar-refractivity contribution in [2.24, 2.45) is 0 Å². The van der Waals surface area contributed by atoms with Gasteiger partial charge in [-0.3, -0.25) is 4.79 Å². The first-order valence-corrected chi connectivity index (χ1v) is 5.09. The third kappa shape index (κ3) is 1.87. The molecule has 0 radical (unpaired) electrons. The molecule has 5 heteroatoms. The predicted molar refractivity (Wildman–Crippen MR) is 54.6 cm³/mol. The molecule has 82 valence electrons. The number of nitrogens with zero attached hydrogens (tertiary/aromatic N) is 2. The van der Waals surface area contributed by atoms with Gasteiger partial charge >= 0.3 is 0 Å². The number of aromatic nitrogens is 1. The summed E-state index contributed by atoms with van der Waals surface area (Å²) in [5.74, 6) is 0.314. The lowest BCUT2D eigenvalue weighted by atomic mass is 10.3. The predicted octanol–water partition coefficient (Wildman–Crippen LogP) is 0.417. The summed E-state index contributed by atoms with van der Waals surface area (Å²) in [6, 6.07) is 0.400. The summed E-state index contributed by atoms with van der Waals surface area (Å²) in [5, 5.41) is 3.17. The number of oxazole rings is 1. The van der Waals surface area contributed by atoms with Gasteiger partial charge in [0.05, 0.1) is 5.69 Å². The van der Waals surface area contributed by atoms with Crippen LogP contribution in [0.1, 0.15) is 22.7 Å². The number of hydrogen-bond donors (Lipinski definition) is 1. The Kier molecular flexibility index (Phi) is 2.73. The molecule has 1 atom stereocenters. The van der Waals surface area contributed by atoms with Crippen LogP contribution in [0.4, 0.5) is 0 Å². The Hall–Kier alpha value is -1.36. The third-order valence-corrected chi connectivity index (χ3v) is 2.82. The van der Waals surface area contributed by atoms with E-state index in [0.717, 1.165) is 19.5 Å². The lowest BCUT2D eigenvalue weighted by Crippen LogP contribution is -2.33. The number of rotatable bonds is 2. The Morgan fingerprint density at radius 3 is 3.07 bits per heavy atom. The van der Waals surface area contributed by atoms with Crippen molar-refractivity contribution in [1.29, 1.82) is 0 Å². The number of aryl methyl sites for hydroxylation is 1. The van der Waals surface area contributed by atoms with Gasteiger partial charge in [0.15, 0.2) is 6.39 Å². The average Bonchev–Trinajstić information content (AvgIpc) is 2.84. The van der Waals surface area contributed by atoms with E-state index in [1.165, 1.54) is 6.39 Å². The van der Waals surface area contributed by atoms with Crippen molar-refractivity contribution in [2.75, 3.05) is 20.1 Å². The number of likely N-dealkylation sites (tertiary alicyclic amines) is 1. The summed E-state index contributed by atoms with van der Waals surface area (Å²) < 4.78 is 5.08. The molecular formula is C10H15N3O2. The molecule has 1 amide bonds. The molecule has 2 heterocycles. The lowest BCUT2D eigenvalue weighted by Gasteiger charge is -2.14. The van der Waals surface area contributed by atoms with Crippen LogP contribution in [-0.2, 0) is 0 Å². The number of likely N-dealkylation sites (N-methyl/N-ethyl adjacent to an activating group) is 1. The molecule has 1 unspecified atom stereocenters. The Bertz CT molecular complexity index is 361. The maximum Gasteiger partial charge on any atom is 0.291 e. The Labute approximate surface area is 88.5 Å². The average molecular weight is 209 g/mol. The van der Waals surface area contributed by atoms with Gasteiger partial charge in [-0.15, -0.1) is 0 Å². The van der Waals surface area contributed by atoms with Gasteiger partial charge in [-0.05, 0) is 20.4 Å². The fraction of sp³-hybridized carbons (Fsp3) is 0.600. The monoisotopic (exact) mass is 209 g/mol. The zero-order chi connectivity index (χ0) is 10.8. The first-order valence-electron chi connectivity index (χ1n) is 5.09. The molecule has 1 fully saturated rings. The molecular weight excluding hydrogens is 194 g/mol. The van der Waals surface area contributed by atoms with Gasteiger partial charge < -0.3 is 14.6 Å². The molecule has 0 spiro atoms. The number of amides is 1. The zero-order valence-electron chi connectivity index (χ0n) is 8.99. The highest BCUT2D eigenvalue weighted by Gasteiger charge is 2.28. The Morgan fingerprint density at radius 2 is 2.53 bits per heavy atom. The van der Waals surface area contributed by atoms with Crippen LogP contribution in [0.5, 0.6) is 0 Å². The minimum absolute atomic E-state index is 0.0530. The fourth-order valence-corrected chi connectivity index (χ4v) is 1.83. The Balaban J connectivity index is 2.07. The van der Waals surface area contributed by atoms with Crippen LogP contribution in [0, 0.1) is 6.92 Å². The Morgan fingerprint density at radius 1 is 1.73 bits per heavy atom. The molecule has 1 aromatic heterocycles. The van der Waals surface area contributed by atoms with Crippen LogP contribution < -0.4 is 5.32 Å². The fourth-order valence-electron chi connectivity index (χ4n) is 1.83. The molecule has 1 aliphatic rings. The van der Waals surface area contributed by atoms with E-state index < -0.39 is 0 Å². The first-order chi connectivity index (χ1) is 7.22. The van der Waals surface area contributed by atoms with E-state index in [4.69, 9.17) is 4.42 Å². The molecule has 1 aromatic rings. The molecule has 0 aliphatic carbocycles. The minimum Gasteiger partial charge on any atom is -0.438 e. The van der Waals surface area contributed by atoms with Crippen molar-refractivity contribution in [1.82, 2.24) is 15.2 Å². The van der Waals surface area contributed by atoms with Crippen molar-refractivity contribution in [3.63, 3.8) is 0 Å². The summed E-state index contributed by atoms with van der Waals surface area (Å²) in [7, 11) is 1.92. The van der Waals surface area contributed by atoms with E-state index in [1.807, 2.05) is 7.05 Å². The second-order valence-corrected chi connectivity index (χ2v) is 3.79. The van der Waals surface area contributed by atoms with Crippen LogP contribution in [0.25, 0.3) is 0 Å². The number of hydrogen-bond acceptors (Lipinski definition) is 4. The molecule has 0 aromatic carbocycles. The van der Waals surface area contributed by atoms with E-state index >= 15 is 0 Å². The summed E-state index contributed by atoms with van der Waals surface area (Å²) >= 11 is 0. The van der Waals surface area contributed by atoms with E-state index in [9.17, 15) is 4.79 Å². The van der Waals surface area contributed by atoms with Crippen molar-refractivity contribution in [3.05, 3.63) is 17.8 Å². The molecule has 15 heavy (non-hydrogen) atoms. The van der Waals surface area contributed by atoms with Crippen LogP contribution in [0.15, 0.2) is 10.8 Å². The lowest BCUT2D eigenvalue weighted by molar-refractivity contribution is 0.0757. The second-order valence-electron chi connectivity index (χ2n) is 3.79. The largest absolute Gasteiger partial charge is 0.438 e. The van der Waals surface area contributed by atoms with Crippen molar-refractivity contribution >= 4 is 5.91 Å². The minimum atomic E-state index is -0.0530. The number of carbonyl (C=O) groups excluding carboxylic acids is 1.